The predicted octanol–water partition coefficient (Wildman–Crippen LogP) is -1.11. The summed E-state index contributed by atoms with van der Waals surface area (Å²) in [6.07, 6.45) is -1.44. The molecule has 0 heterocycles. The van der Waals surface area contributed by atoms with Crippen molar-refractivity contribution in [1.82, 2.24) is 0 Å². The Morgan fingerprint density at radius 3 is 2.25 bits per heavy atom. The third kappa shape index (κ3) is 3.36. The van der Waals surface area contributed by atoms with Gasteiger partial charge >= 0.3 is 35.5 Å². The molecule has 0 aliphatic heterocycles. The molecule has 0 unspecified atom stereocenters. The number of aliphatic carboxylic acids is 1. The van der Waals surface area contributed by atoms with Crippen molar-refractivity contribution in [2.75, 3.05) is 0 Å². The number of aliphatic hydroxyl groups is 1. The zero-order valence-corrected chi connectivity index (χ0v) is 7.66. The van der Waals surface area contributed by atoms with E-state index in [9.17, 15) is 9.90 Å². The number of aliphatic hydroxyl groups excluding tert-OH is 1. The summed E-state index contributed by atoms with van der Waals surface area (Å²) >= 11 is 0. The van der Waals surface area contributed by atoms with Crippen molar-refractivity contribution in [3.8, 4) is 11.5 Å². The summed E-state index contributed by atoms with van der Waals surface area (Å²) in [6, 6.07) is 2.00. The molecule has 2 atom stereocenters. The van der Waals surface area contributed by atoms with Gasteiger partial charge in [0, 0.05) is 0 Å². The number of hydrogen-bond acceptors (Lipinski definition) is 5. The van der Waals surface area contributed by atoms with Crippen LogP contribution in [0.15, 0.2) is 18.2 Å². The number of carboxylic acids is 1. The maximum atomic E-state index is 10.5. The van der Waals surface area contributed by atoms with Crippen LogP contribution in [0.25, 0.3) is 0 Å². The Bertz CT molecular complexity index is 384. The Morgan fingerprint density at radius 2 is 1.81 bits per heavy atom. The first kappa shape index (κ1) is 15.2. The van der Waals surface area contributed by atoms with Crippen LogP contribution < -0.4 is 5.73 Å². The third-order valence-electron chi connectivity index (χ3n) is 1.97. The normalized spacial score (nSPS) is 13.6. The number of aromatic hydroxyl groups is 2. The molecule has 16 heavy (non-hydrogen) atoms. The summed E-state index contributed by atoms with van der Waals surface area (Å²) in [5, 5.41) is 36.1. The van der Waals surface area contributed by atoms with Crippen molar-refractivity contribution in [2.45, 2.75) is 12.1 Å². The van der Waals surface area contributed by atoms with E-state index < -0.39 is 23.9 Å². The van der Waals surface area contributed by atoms with Gasteiger partial charge in [-0.1, -0.05) is 6.07 Å². The van der Waals surface area contributed by atoms with Gasteiger partial charge < -0.3 is 26.2 Å². The van der Waals surface area contributed by atoms with Gasteiger partial charge in [-0.15, -0.1) is 0 Å². The van der Waals surface area contributed by atoms with Crippen LogP contribution >= 0.6 is 0 Å². The Hall–Kier alpha value is -0.790. The molecule has 0 saturated heterocycles. The average Bonchev–Trinajstić information content (AvgIpc) is 2.19. The number of nitrogens with two attached hydrogens (primary N) is 1. The van der Waals surface area contributed by atoms with Crippen LogP contribution in [0.5, 0.6) is 11.5 Å². The molecule has 0 aliphatic carbocycles. The van der Waals surface area contributed by atoms with Crippen LogP contribution in [0.3, 0.4) is 0 Å². The van der Waals surface area contributed by atoms with Crippen molar-refractivity contribution < 1.29 is 25.2 Å². The Kier molecular flexibility index (Phi) is 5.77. The second-order valence-electron chi connectivity index (χ2n) is 3.06. The van der Waals surface area contributed by atoms with E-state index in [0.717, 1.165) is 12.1 Å². The fourth-order valence-corrected chi connectivity index (χ4v) is 1.07. The van der Waals surface area contributed by atoms with Gasteiger partial charge in [-0.25, -0.2) is 0 Å². The standard InChI is InChI=1S/C9H11NO5.Na.H/c10-7(9(14)15)8(13)4-1-2-5(11)6(12)3-4;;/h1-3,7-8,11-13H,10H2,(H,14,15);;/t7-,8-;;/m0../s1. The molecule has 1 aromatic rings. The molecule has 0 radical (unpaired) electrons. The molecule has 0 aliphatic rings. The zero-order chi connectivity index (χ0) is 11.6. The van der Waals surface area contributed by atoms with E-state index >= 15 is 0 Å². The van der Waals surface area contributed by atoms with Crippen LogP contribution in [-0.2, 0) is 4.79 Å². The summed E-state index contributed by atoms with van der Waals surface area (Å²) in [7, 11) is 0. The minimum atomic E-state index is -1.48. The summed E-state index contributed by atoms with van der Waals surface area (Å²) in [6.45, 7) is 0. The van der Waals surface area contributed by atoms with Crippen LogP contribution in [0.1, 0.15) is 11.7 Å². The molecule has 0 aromatic heterocycles. The first-order chi connectivity index (χ1) is 6.93. The van der Waals surface area contributed by atoms with E-state index in [1.807, 2.05) is 0 Å². The number of carboxylic acid groups (broad SMARTS) is 1. The van der Waals surface area contributed by atoms with E-state index in [1.165, 1.54) is 6.07 Å². The summed E-state index contributed by atoms with van der Waals surface area (Å²) in [5.74, 6) is -2.14. The van der Waals surface area contributed by atoms with Crippen molar-refractivity contribution in [2.24, 2.45) is 5.73 Å². The summed E-state index contributed by atoms with van der Waals surface area (Å²) in [5.41, 5.74) is 5.31. The van der Waals surface area contributed by atoms with Crippen LogP contribution in [0.4, 0.5) is 0 Å². The van der Waals surface area contributed by atoms with Crippen LogP contribution in [-0.4, -0.2) is 62.0 Å². The molecule has 0 bridgehead atoms. The molecular formula is C9H12NNaO5. The van der Waals surface area contributed by atoms with Crippen LogP contribution in [0.2, 0.25) is 0 Å². The fourth-order valence-electron chi connectivity index (χ4n) is 1.07. The molecule has 0 fully saturated rings. The summed E-state index contributed by atoms with van der Waals surface area (Å²) in [4.78, 5) is 10.5. The monoisotopic (exact) mass is 237 g/mol. The minimum absolute atomic E-state index is 0. The molecule has 6 nitrogen and oxygen atoms in total. The average molecular weight is 237 g/mol. The molecule has 0 saturated carbocycles. The van der Waals surface area contributed by atoms with Crippen molar-refractivity contribution in [1.29, 1.82) is 0 Å². The van der Waals surface area contributed by atoms with Gasteiger partial charge in [0.15, 0.2) is 11.5 Å². The zero-order valence-electron chi connectivity index (χ0n) is 7.66. The van der Waals surface area contributed by atoms with Gasteiger partial charge in [0.25, 0.3) is 0 Å². The molecule has 0 spiro atoms. The Labute approximate surface area is 114 Å². The van der Waals surface area contributed by atoms with Gasteiger partial charge in [-0.2, -0.15) is 0 Å². The third-order valence-corrected chi connectivity index (χ3v) is 1.97. The van der Waals surface area contributed by atoms with E-state index in [4.69, 9.17) is 21.1 Å². The molecule has 7 heteroatoms. The topological polar surface area (TPSA) is 124 Å². The maximum absolute atomic E-state index is 10.5. The first-order valence-electron chi connectivity index (χ1n) is 4.12. The summed E-state index contributed by atoms with van der Waals surface area (Å²) < 4.78 is 0. The molecular weight excluding hydrogens is 225 g/mol. The van der Waals surface area contributed by atoms with E-state index in [1.54, 1.807) is 0 Å². The molecule has 6 N–H and O–H groups in total. The van der Waals surface area contributed by atoms with Crippen LogP contribution in [0, 0.1) is 0 Å². The fraction of sp³-hybridized carbons (Fsp3) is 0.222. The first-order valence-corrected chi connectivity index (χ1v) is 4.12. The molecule has 1 aromatic carbocycles. The van der Waals surface area contributed by atoms with Gasteiger partial charge in [0.1, 0.15) is 12.1 Å². The number of benzene rings is 1. The van der Waals surface area contributed by atoms with Gasteiger partial charge in [0.05, 0.1) is 0 Å². The molecule has 84 valence electrons. The predicted molar refractivity (Wildman–Crippen MR) is 57.5 cm³/mol. The van der Waals surface area contributed by atoms with Gasteiger partial charge in [0.2, 0.25) is 0 Å². The Balaban J connectivity index is 0.00000225. The van der Waals surface area contributed by atoms with E-state index in [-0.39, 0.29) is 40.9 Å². The van der Waals surface area contributed by atoms with Crippen molar-refractivity contribution in [3.63, 3.8) is 0 Å². The number of phenolic OH excluding ortho intramolecular Hbond substituents is 2. The molecule has 0 amide bonds. The number of rotatable bonds is 3. The number of phenols is 2. The number of carbonyl (C=O) groups is 1. The van der Waals surface area contributed by atoms with E-state index in [0.29, 0.717) is 0 Å². The molecule has 1 rings (SSSR count). The van der Waals surface area contributed by atoms with Crippen molar-refractivity contribution in [3.05, 3.63) is 23.8 Å². The SMILES string of the molecule is N[C@H](C(=O)O)[C@@H](O)c1ccc(O)c(O)c1.[NaH]. The second-order valence-corrected chi connectivity index (χ2v) is 3.06. The van der Waals surface area contributed by atoms with E-state index in [2.05, 4.69) is 0 Å². The quantitative estimate of drug-likeness (QED) is 0.335. The Morgan fingerprint density at radius 1 is 1.25 bits per heavy atom. The van der Waals surface area contributed by atoms with Gasteiger partial charge in [-0.3, -0.25) is 4.79 Å². The van der Waals surface area contributed by atoms with Crippen molar-refractivity contribution >= 4 is 35.5 Å². The second kappa shape index (κ2) is 6.07. The number of hydrogen-bond donors (Lipinski definition) is 5. The van der Waals surface area contributed by atoms with Gasteiger partial charge in [-0.05, 0) is 17.7 Å².